The van der Waals surface area contributed by atoms with E-state index in [0.29, 0.717) is 32.5 Å². The molecule has 2 aliphatic heterocycles. The number of hydrogen-bond acceptors (Lipinski definition) is 4. The zero-order valence-corrected chi connectivity index (χ0v) is 16.8. The molecular formula is C20H27N3O4S. The molecule has 1 N–H and O–H groups in total. The first-order valence-electron chi connectivity index (χ1n) is 10.1. The fourth-order valence-electron chi connectivity index (χ4n) is 4.11. The maximum atomic E-state index is 12.7. The molecular weight excluding hydrogens is 378 g/mol. The van der Waals surface area contributed by atoms with Gasteiger partial charge in [0.2, 0.25) is 21.8 Å². The summed E-state index contributed by atoms with van der Waals surface area (Å²) in [6.07, 6.45) is 4.01. The number of hydrogen-bond donors (Lipinski definition) is 1. The van der Waals surface area contributed by atoms with Gasteiger partial charge in [0.15, 0.2) is 0 Å². The Morgan fingerprint density at radius 3 is 2.43 bits per heavy atom. The minimum absolute atomic E-state index is 0.101. The minimum Gasteiger partial charge on any atom is -0.355 e. The fraction of sp³-hybridized carbons (Fsp3) is 0.600. The molecule has 0 aromatic heterocycles. The number of anilines is 1. The van der Waals surface area contributed by atoms with Crippen LogP contribution in [0.2, 0.25) is 0 Å². The lowest BCUT2D eigenvalue weighted by Crippen LogP contribution is -2.44. The predicted octanol–water partition coefficient (Wildman–Crippen LogP) is 1.14. The van der Waals surface area contributed by atoms with Gasteiger partial charge < -0.3 is 10.2 Å². The Labute approximate surface area is 166 Å². The van der Waals surface area contributed by atoms with Crippen LogP contribution in [0.15, 0.2) is 24.3 Å². The number of para-hydroxylation sites is 1. The van der Waals surface area contributed by atoms with Crippen molar-refractivity contribution < 1.29 is 18.0 Å². The topological polar surface area (TPSA) is 86.8 Å². The highest BCUT2D eigenvalue weighted by molar-refractivity contribution is 7.92. The Hall–Kier alpha value is -2.09. The van der Waals surface area contributed by atoms with Gasteiger partial charge >= 0.3 is 0 Å². The van der Waals surface area contributed by atoms with E-state index in [1.54, 1.807) is 0 Å². The summed E-state index contributed by atoms with van der Waals surface area (Å²) >= 11 is 0. The highest BCUT2D eigenvalue weighted by Gasteiger charge is 2.36. The molecule has 1 saturated carbocycles. The molecule has 3 aliphatic rings. The molecule has 0 atom stereocenters. The molecule has 1 aromatic rings. The van der Waals surface area contributed by atoms with E-state index >= 15 is 0 Å². The van der Waals surface area contributed by atoms with Crippen molar-refractivity contribution in [2.24, 2.45) is 11.8 Å². The van der Waals surface area contributed by atoms with Crippen LogP contribution < -0.4 is 9.62 Å². The molecule has 28 heavy (non-hydrogen) atoms. The summed E-state index contributed by atoms with van der Waals surface area (Å²) in [5.41, 5.74) is 1.80. The third-order valence-corrected chi connectivity index (χ3v) is 7.71. The van der Waals surface area contributed by atoms with Crippen LogP contribution in [0.3, 0.4) is 0 Å². The number of rotatable bonds is 6. The predicted molar refractivity (Wildman–Crippen MR) is 106 cm³/mol. The Morgan fingerprint density at radius 2 is 1.71 bits per heavy atom. The van der Waals surface area contributed by atoms with Gasteiger partial charge in [0, 0.05) is 38.0 Å². The van der Waals surface area contributed by atoms with E-state index in [2.05, 4.69) is 5.32 Å². The molecule has 1 aliphatic carbocycles. The number of fused-ring (bicyclic) bond motifs is 1. The van der Waals surface area contributed by atoms with E-state index in [1.165, 1.54) is 4.31 Å². The van der Waals surface area contributed by atoms with Gasteiger partial charge in [0.05, 0.1) is 11.4 Å². The van der Waals surface area contributed by atoms with E-state index in [1.807, 2.05) is 29.2 Å². The van der Waals surface area contributed by atoms with Gasteiger partial charge in [-0.15, -0.1) is 0 Å². The van der Waals surface area contributed by atoms with E-state index in [9.17, 15) is 18.0 Å². The highest BCUT2D eigenvalue weighted by Crippen LogP contribution is 2.32. The average Bonchev–Trinajstić information content (AvgIpc) is 3.45. The number of carbonyl (C=O) groups excluding carboxylic acids is 2. The number of nitrogens with one attached hydrogen (secondary N) is 1. The second-order valence-electron chi connectivity index (χ2n) is 7.93. The molecule has 0 unspecified atom stereocenters. The van der Waals surface area contributed by atoms with Gasteiger partial charge in [-0.3, -0.25) is 13.9 Å². The second kappa shape index (κ2) is 7.73. The highest BCUT2D eigenvalue weighted by atomic mass is 32.2. The molecule has 0 radical (unpaired) electrons. The summed E-state index contributed by atoms with van der Waals surface area (Å²) in [6, 6.07) is 7.54. The third kappa shape index (κ3) is 4.01. The van der Waals surface area contributed by atoms with Crippen molar-refractivity contribution in [3.63, 3.8) is 0 Å². The molecule has 2 amide bonds. The van der Waals surface area contributed by atoms with Crippen molar-refractivity contribution >= 4 is 27.5 Å². The van der Waals surface area contributed by atoms with Gasteiger partial charge in [-0.2, -0.15) is 0 Å². The maximum Gasteiger partial charge on any atom is 0.236 e. The fourth-order valence-corrected chi connectivity index (χ4v) is 5.53. The molecule has 7 nitrogen and oxygen atoms in total. The van der Waals surface area contributed by atoms with Crippen LogP contribution in [0.5, 0.6) is 0 Å². The second-order valence-corrected chi connectivity index (χ2v) is 9.94. The van der Waals surface area contributed by atoms with Crippen LogP contribution in [-0.2, 0) is 26.0 Å². The first kappa shape index (κ1) is 19.2. The number of piperidine rings is 1. The first-order valence-corrected chi connectivity index (χ1v) is 11.7. The Morgan fingerprint density at radius 1 is 1.00 bits per heavy atom. The SMILES string of the molecule is O=C(NCCS(=O)(=O)N1CCc2ccccc21)C1CCN(C(=O)C2CC2)CC1. The van der Waals surface area contributed by atoms with Crippen molar-refractivity contribution in [1.29, 1.82) is 0 Å². The zero-order chi connectivity index (χ0) is 19.7. The summed E-state index contributed by atoms with van der Waals surface area (Å²) < 4.78 is 26.8. The van der Waals surface area contributed by atoms with E-state index < -0.39 is 10.0 Å². The Kier molecular flexibility index (Phi) is 5.31. The zero-order valence-electron chi connectivity index (χ0n) is 16.0. The van der Waals surface area contributed by atoms with Gasteiger partial charge in [0.1, 0.15) is 0 Å². The van der Waals surface area contributed by atoms with Gasteiger partial charge in [-0.05, 0) is 43.7 Å². The van der Waals surface area contributed by atoms with Crippen LogP contribution in [0.4, 0.5) is 5.69 Å². The molecule has 8 heteroatoms. The standard InChI is InChI=1S/C20H27N3O4S/c24-19(16-7-11-22(12-8-16)20(25)17-5-6-17)21-10-14-28(26,27)23-13-9-15-3-1-2-4-18(15)23/h1-4,16-17H,5-14H2,(H,21,24). The third-order valence-electron chi connectivity index (χ3n) is 5.94. The minimum atomic E-state index is -3.46. The molecule has 2 heterocycles. The van der Waals surface area contributed by atoms with Gasteiger partial charge in [-0.1, -0.05) is 18.2 Å². The van der Waals surface area contributed by atoms with Crippen LogP contribution in [0.1, 0.15) is 31.2 Å². The lowest BCUT2D eigenvalue weighted by Gasteiger charge is -2.31. The number of amides is 2. The summed E-state index contributed by atoms with van der Waals surface area (Å²) in [5, 5.41) is 2.79. The van der Waals surface area contributed by atoms with Crippen molar-refractivity contribution in [1.82, 2.24) is 10.2 Å². The molecule has 152 valence electrons. The quantitative estimate of drug-likeness (QED) is 0.769. The van der Waals surface area contributed by atoms with Gasteiger partial charge in [0.25, 0.3) is 0 Å². The van der Waals surface area contributed by atoms with E-state index in [0.717, 1.165) is 30.5 Å². The molecule has 1 aromatic carbocycles. The van der Waals surface area contributed by atoms with Crippen LogP contribution >= 0.6 is 0 Å². The lowest BCUT2D eigenvalue weighted by atomic mass is 9.95. The average molecular weight is 406 g/mol. The molecule has 0 bridgehead atoms. The van der Waals surface area contributed by atoms with Crippen LogP contribution in [0, 0.1) is 11.8 Å². The number of carbonyl (C=O) groups is 2. The van der Waals surface area contributed by atoms with Crippen molar-refractivity contribution in [2.75, 3.05) is 36.2 Å². The molecule has 0 spiro atoms. The lowest BCUT2D eigenvalue weighted by molar-refractivity contribution is -0.136. The van der Waals surface area contributed by atoms with Crippen LogP contribution in [-0.4, -0.2) is 57.1 Å². The molecule has 1 saturated heterocycles. The summed E-state index contributed by atoms with van der Waals surface area (Å²) in [6.45, 7) is 1.82. The number of likely N-dealkylation sites (tertiary alicyclic amines) is 1. The summed E-state index contributed by atoms with van der Waals surface area (Å²) in [7, 11) is -3.46. The van der Waals surface area contributed by atoms with Crippen molar-refractivity contribution in [3.8, 4) is 0 Å². The monoisotopic (exact) mass is 405 g/mol. The normalized spacial score (nSPS) is 20.1. The molecule has 2 fully saturated rings. The molecule has 4 rings (SSSR count). The van der Waals surface area contributed by atoms with Gasteiger partial charge in [-0.25, -0.2) is 8.42 Å². The summed E-state index contributed by atoms with van der Waals surface area (Å²) in [4.78, 5) is 26.4. The summed E-state index contributed by atoms with van der Waals surface area (Å²) in [5.74, 6) is 0.0997. The number of benzene rings is 1. The maximum absolute atomic E-state index is 12.7. The first-order chi connectivity index (χ1) is 13.5. The van der Waals surface area contributed by atoms with Crippen LogP contribution in [0.25, 0.3) is 0 Å². The Bertz CT molecular complexity index is 858. The number of nitrogens with zero attached hydrogens (tertiary/aromatic N) is 2. The van der Waals surface area contributed by atoms with E-state index in [-0.39, 0.29) is 35.9 Å². The van der Waals surface area contributed by atoms with E-state index in [4.69, 9.17) is 0 Å². The Balaban J connectivity index is 1.24. The smallest absolute Gasteiger partial charge is 0.236 e. The van der Waals surface area contributed by atoms with Crippen molar-refractivity contribution in [2.45, 2.75) is 32.1 Å². The van der Waals surface area contributed by atoms with Crippen molar-refractivity contribution in [3.05, 3.63) is 29.8 Å². The largest absolute Gasteiger partial charge is 0.355 e. The number of sulfonamides is 1.